The quantitative estimate of drug-likeness (QED) is 0.371. The van der Waals surface area contributed by atoms with E-state index in [-0.39, 0.29) is 0 Å². The van der Waals surface area contributed by atoms with Gasteiger partial charge in [0.05, 0.1) is 6.61 Å². The van der Waals surface area contributed by atoms with Gasteiger partial charge in [-0.3, -0.25) is 13.6 Å². The summed E-state index contributed by atoms with van der Waals surface area (Å²) in [7, 11) is -1.66. The van der Waals surface area contributed by atoms with Crippen molar-refractivity contribution in [2.75, 3.05) is 27.4 Å². The number of carboxylic acid groups (broad SMARTS) is 1. The maximum Gasteiger partial charge on any atom is 0.474 e. The highest BCUT2D eigenvalue weighted by Crippen LogP contribution is 2.47. The molecule has 2 unspecified atom stereocenters. The molecule has 0 amide bonds. The third-order valence-electron chi connectivity index (χ3n) is 2.88. The molecule has 0 aromatic heterocycles. The van der Waals surface area contributed by atoms with Crippen LogP contribution in [0.15, 0.2) is 0 Å². The van der Waals surface area contributed by atoms with Crippen molar-refractivity contribution in [3.63, 3.8) is 0 Å². The van der Waals surface area contributed by atoms with Crippen molar-refractivity contribution in [2.45, 2.75) is 30.7 Å². The van der Waals surface area contributed by atoms with Crippen LogP contribution in [0.5, 0.6) is 0 Å². The van der Waals surface area contributed by atoms with Crippen molar-refractivity contribution in [1.29, 1.82) is 0 Å². The van der Waals surface area contributed by atoms with Gasteiger partial charge >= 0.3 is 13.8 Å². The lowest BCUT2D eigenvalue weighted by molar-refractivity contribution is -0.299. The second-order valence-corrected chi connectivity index (χ2v) is 6.21. The zero-order chi connectivity index (χ0) is 16.9. The van der Waals surface area contributed by atoms with Crippen LogP contribution in [0.25, 0.3) is 0 Å². The van der Waals surface area contributed by atoms with Crippen LogP contribution in [0.3, 0.4) is 0 Å². The molecule has 1 fully saturated rings. The fourth-order valence-electron chi connectivity index (χ4n) is 1.69. The van der Waals surface area contributed by atoms with Gasteiger partial charge in [-0.05, 0) is 0 Å². The van der Waals surface area contributed by atoms with Gasteiger partial charge in [0.2, 0.25) is 0 Å². The van der Waals surface area contributed by atoms with Gasteiger partial charge in [-0.25, -0.2) is 9.36 Å². The highest BCUT2D eigenvalue weighted by Gasteiger charge is 2.45. The maximum absolute atomic E-state index is 11.7. The second-order valence-electron chi connectivity index (χ2n) is 4.33. The fourth-order valence-corrected chi connectivity index (χ4v) is 2.38. The number of aliphatic carboxylic acids is 1. The molecule has 22 heavy (non-hydrogen) atoms. The number of aliphatic hydroxyl groups excluding tert-OH is 3. The molecule has 0 saturated carbocycles. The third kappa shape index (κ3) is 4.95. The van der Waals surface area contributed by atoms with E-state index in [2.05, 4.69) is 9.05 Å². The van der Waals surface area contributed by atoms with Gasteiger partial charge in [0.1, 0.15) is 31.0 Å². The Kier molecular flexibility index (Phi) is 7.32. The summed E-state index contributed by atoms with van der Waals surface area (Å²) in [6.45, 7) is -1.30. The average molecular weight is 346 g/mol. The molecule has 0 radical (unpaired) electrons. The van der Waals surface area contributed by atoms with Crippen molar-refractivity contribution in [3.05, 3.63) is 0 Å². The number of ether oxygens (including phenoxy) is 2. The molecule has 130 valence electrons. The van der Waals surface area contributed by atoms with Crippen LogP contribution in [-0.2, 0) is 32.4 Å². The lowest BCUT2D eigenvalue weighted by Crippen LogP contribution is -2.59. The molecule has 0 aromatic carbocycles. The minimum Gasteiger partial charge on any atom is -0.480 e. The minimum absolute atomic E-state index is 0.517. The second kappa shape index (κ2) is 8.29. The summed E-state index contributed by atoms with van der Waals surface area (Å²) < 4.78 is 35.5. The van der Waals surface area contributed by atoms with Crippen molar-refractivity contribution >= 4 is 13.8 Å². The fraction of sp³-hybridized carbons (Fsp3) is 0.900. The predicted molar refractivity (Wildman–Crippen MR) is 67.8 cm³/mol. The molecule has 4 N–H and O–H groups in total. The van der Waals surface area contributed by atoms with Crippen LogP contribution in [-0.4, -0.2) is 84.5 Å². The summed E-state index contributed by atoms with van der Waals surface area (Å²) in [5.41, 5.74) is 0. The van der Waals surface area contributed by atoms with E-state index >= 15 is 0 Å². The van der Waals surface area contributed by atoms with Crippen molar-refractivity contribution in [1.82, 2.24) is 0 Å². The number of rotatable bonds is 8. The number of phosphoric acid groups is 1. The van der Waals surface area contributed by atoms with Crippen LogP contribution >= 0.6 is 7.82 Å². The third-order valence-corrected chi connectivity index (χ3v) is 4.24. The number of aliphatic hydroxyl groups is 3. The van der Waals surface area contributed by atoms with Gasteiger partial charge < -0.3 is 29.9 Å². The van der Waals surface area contributed by atoms with Gasteiger partial charge in [-0.15, -0.1) is 0 Å². The van der Waals surface area contributed by atoms with E-state index in [0.29, 0.717) is 0 Å². The highest BCUT2D eigenvalue weighted by atomic mass is 31.2. The monoisotopic (exact) mass is 346 g/mol. The van der Waals surface area contributed by atoms with E-state index in [9.17, 15) is 24.7 Å². The summed E-state index contributed by atoms with van der Waals surface area (Å²) in [5.74, 6) is -1.31. The smallest absolute Gasteiger partial charge is 0.474 e. The van der Waals surface area contributed by atoms with Gasteiger partial charge in [0.25, 0.3) is 0 Å². The number of hydrogen-bond donors (Lipinski definition) is 4. The summed E-state index contributed by atoms with van der Waals surface area (Å²) in [6.07, 6.45) is -7.68. The molecule has 1 heterocycles. The van der Waals surface area contributed by atoms with E-state index in [1.165, 1.54) is 0 Å². The van der Waals surface area contributed by atoms with Crippen molar-refractivity contribution in [3.8, 4) is 0 Å². The lowest BCUT2D eigenvalue weighted by Gasteiger charge is -2.39. The summed E-state index contributed by atoms with van der Waals surface area (Å²) in [4.78, 5) is 10.4. The van der Waals surface area contributed by atoms with Crippen LogP contribution in [0.2, 0.25) is 0 Å². The topological polar surface area (TPSA) is 161 Å². The highest BCUT2D eigenvalue weighted by molar-refractivity contribution is 7.48. The zero-order valence-electron chi connectivity index (χ0n) is 11.9. The molecular weight excluding hydrogens is 327 g/mol. The number of carbonyl (C=O) groups is 1. The molecule has 1 rings (SSSR count). The van der Waals surface area contributed by atoms with Crippen LogP contribution in [0.4, 0.5) is 0 Å². The Morgan fingerprint density at radius 2 is 1.73 bits per heavy atom. The first-order valence-electron chi connectivity index (χ1n) is 6.13. The summed E-state index contributed by atoms with van der Waals surface area (Å²) in [5, 5.41) is 37.7. The number of carboxylic acids is 1. The SMILES string of the molecule is COP(=O)(OC)OCC1O[C@@H](OCC(=O)O)C(O)[C@@H](O)[C@H]1O. The first-order valence-corrected chi connectivity index (χ1v) is 7.59. The van der Waals surface area contributed by atoms with Gasteiger partial charge in [0.15, 0.2) is 6.29 Å². The van der Waals surface area contributed by atoms with E-state index in [4.69, 9.17) is 19.1 Å². The van der Waals surface area contributed by atoms with Crippen molar-refractivity contribution < 1.29 is 52.8 Å². The number of phosphoric ester groups is 1. The predicted octanol–water partition coefficient (Wildman–Crippen LogP) is -1.69. The molecule has 11 nitrogen and oxygen atoms in total. The Labute approximate surface area is 125 Å². The normalized spacial score (nSPS) is 32.9. The van der Waals surface area contributed by atoms with E-state index in [1.54, 1.807) is 0 Å². The van der Waals surface area contributed by atoms with Gasteiger partial charge in [0, 0.05) is 14.2 Å². The molecule has 0 spiro atoms. The average Bonchev–Trinajstić information content (AvgIpc) is 2.50. The summed E-state index contributed by atoms with van der Waals surface area (Å²) >= 11 is 0. The van der Waals surface area contributed by atoms with Crippen LogP contribution in [0.1, 0.15) is 0 Å². The largest absolute Gasteiger partial charge is 0.480 e. The van der Waals surface area contributed by atoms with Crippen molar-refractivity contribution in [2.24, 2.45) is 0 Å². The molecule has 5 atom stereocenters. The number of hydrogen-bond acceptors (Lipinski definition) is 10. The first kappa shape index (κ1) is 19.4. The molecule has 1 aliphatic heterocycles. The van der Waals surface area contributed by atoms with E-state index in [1.807, 2.05) is 0 Å². The Hall–Kier alpha value is -0.620. The minimum atomic E-state index is -3.83. The van der Waals surface area contributed by atoms with Crippen LogP contribution < -0.4 is 0 Å². The zero-order valence-corrected chi connectivity index (χ0v) is 12.8. The maximum atomic E-state index is 11.7. The molecule has 1 saturated heterocycles. The lowest BCUT2D eigenvalue weighted by atomic mass is 9.99. The molecule has 0 aliphatic carbocycles. The van der Waals surface area contributed by atoms with E-state index in [0.717, 1.165) is 14.2 Å². The molecule has 0 bridgehead atoms. The Morgan fingerprint density at radius 1 is 1.14 bits per heavy atom. The van der Waals surface area contributed by atoms with Gasteiger partial charge in [-0.1, -0.05) is 0 Å². The molecular formula is C10H19O11P. The summed E-state index contributed by atoms with van der Waals surface area (Å²) in [6, 6.07) is 0. The molecule has 0 aromatic rings. The van der Waals surface area contributed by atoms with Gasteiger partial charge in [-0.2, -0.15) is 0 Å². The first-order chi connectivity index (χ1) is 10.2. The molecule has 1 aliphatic rings. The Bertz CT molecular complexity index is 408. The van der Waals surface area contributed by atoms with E-state index < -0.39 is 57.7 Å². The standard InChI is InChI=1S/C10H19O11P/c1-17-22(16,18-2)20-3-5-7(13)8(14)9(15)10(21-5)19-4-6(11)12/h5,7-10,13-15H,3-4H2,1-2H3,(H,11,12)/t5?,7-,8-,9?,10+/m0/s1. The Balaban J connectivity index is 2.68. The Morgan fingerprint density at radius 3 is 2.23 bits per heavy atom. The van der Waals surface area contributed by atoms with Crippen LogP contribution in [0, 0.1) is 0 Å². The molecule has 12 heteroatoms.